The number of hydrogen-bond acceptors (Lipinski definition) is 6. The molecule has 0 fully saturated rings. The van der Waals surface area contributed by atoms with Crippen LogP contribution in [0.1, 0.15) is 17.5 Å². The Hall–Kier alpha value is -3.19. The molecule has 0 aromatic heterocycles. The van der Waals surface area contributed by atoms with Crippen molar-refractivity contribution < 1.29 is 23.9 Å². The Morgan fingerprint density at radius 3 is 1.88 bits per heavy atom. The van der Waals surface area contributed by atoms with Gasteiger partial charge in [-0.1, -0.05) is 60.7 Å². The van der Waals surface area contributed by atoms with Crippen molar-refractivity contribution in [2.75, 3.05) is 0 Å². The highest BCUT2D eigenvalue weighted by molar-refractivity contribution is 5.94. The summed E-state index contributed by atoms with van der Waals surface area (Å²) in [6.45, 7) is 0.0965. The second-order valence-corrected chi connectivity index (χ2v) is 5.51. The number of nitrogens with one attached hydrogen (secondary N) is 1. The number of rotatable bonds is 7. The van der Waals surface area contributed by atoms with E-state index in [0.29, 0.717) is 0 Å². The van der Waals surface area contributed by atoms with Crippen LogP contribution in [0.4, 0.5) is 4.79 Å². The second-order valence-electron chi connectivity index (χ2n) is 5.51. The molecule has 136 valence electrons. The largest absolute Gasteiger partial charge is 0.460 e. The van der Waals surface area contributed by atoms with E-state index in [1.807, 2.05) is 41.7 Å². The standard InChI is InChI=1S/C19H20N2O5/c20-16(18(23)25-12-14-7-3-1-4-8-14)11-17(22)21-19(24)26-13-15-9-5-2-6-10-15/h1-10,16H,11-13,20H2,(H,21,22,24). The zero-order chi connectivity index (χ0) is 18.8. The molecule has 7 nitrogen and oxygen atoms in total. The average Bonchev–Trinajstić information content (AvgIpc) is 2.66. The second kappa shape index (κ2) is 9.95. The lowest BCUT2D eigenvalue weighted by Crippen LogP contribution is -2.40. The first-order chi connectivity index (χ1) is 12.5. The maximum Gasteiger partial charge on any atom is 0.414 e. The number of alkyl carbamates (subject to hydrolysis) is 1. The van der Waals surface area contributed by atoms with E-state index in [1.54, 1.807) is 24.3 Å². The fourth-order valence-electron chi connectivity index (χ4n) is 2.04. The zero-order valence-electron chi connectivity index (χ0n) is 14.1. The number of carbonyl (C=O) groups excluding carboxylic acids is 3. The molecule has 0 aliphatic heterocycles. The molecule has 0 aliphatic carbocycles. The Morgan fingerprint density at radius 1 is 0.846 bits per heavy atom. The number of esters is 1. The maximum atomic E-state index is 11.8. The molecule has 2 aromatic rings. The van der Waals surface area contributed by atoms with E-state index in [4.69, 9.17) is 15.2 Å². The van der Waals surface area contributed by atoms with Gasteiger partial charge >= 0.3 is 12.1 Å². The smallest absolute Gasteiger partial charge is 0.414 e. The van der Waals surface area contributed by atoms with Crippen molar-refractivity contribution in [3.63, 3.8) is 0 Å². The number of hydrogen-bond donors (Lipinski definition) is 2. The molecule has 0 saturated carbocycles. The zero-order valence-corrected chi connectivity index (χ0v) is 14.1. The summed E-state index contributed by atoms with van der Waals surface area (Å²) in [5.41, 5.74) is 7.23. The molecule has 2 aromatic carbocycles. The van der Waals surface area contributed by atoms with Gasteiger partial charge in [0, 0.05) is 0 Å². The third-order valence-corrected chi connectivity index (χ3v) is 3.39. The van der Waals surface area contributed by atoms with Gasteiger partial charge in [-0.15, -0.1) is 0 Å². The molecular weight excluding hydrogens is 336 g/mol. The van der Waals surface area contributed by atoms with Crippen LogP contribution in [0.15, 0.2) is 60.7 Å². The van der Waals surface area contributed by atoms with Crippen molar-refractivity contribution >= 4 is 18.0 Å². The maximum absolute atomic E-state index is 11.8. The highest BCUT2D eigenvalue weighted by atomic mass is 16.5. The van der Waals surface area contributed by atoms with Gasteiger partial charge in [0.05, 0.1) is 6.42 Å². The Balaban J connectivity index is 1.68. The normalized spacial score (nSPS) is 11.3. The highest BCUT2D eigenvalue weighted by Gasteiger charge is 2.20. The molecular formula is C19H20N2O5. The molecule has 2 rings (SSSR count). The van der Waals surface area contributed by atoms with Crippen LogP contribution in [0.25, 0.3) is 0 Å². The molecule has 0 bridgehead atoms. The molecule has 26 heavy (non-hydrogen) atoms. The summed E-state index contributed by atoms with van der Waals surface area (Å²) in [5, 5.41) is 2.02. The van der Waals surface area contributed by atoms with Gasteiger partial charge in [0.15, 0.2) is 0 Å². The van der Waals surface area contributed by atoms with Crippen LogP contribution in [0.5, 0.6) is 0 Å². The Bertz CT molecular complexity index is 734. The summed E-state index contributed by atoms with van der Waals surface area (Å²) < 4.78 is 9.96. The predicted octanol–water partition coefficient (Wildman–Crippen LogP) is 1.90. The lowest BCUT2D eigenvalue weighted by atomic mass is 10.2. The van der Waals surface area contributed by atoms with Crippen LogP contribution in [0.3, 0.4) is 0 Å². The third-order valence-electron chi connectivity index (χ3n) is 3.39. The van der Waals surface area contributed by atoms with Crippen LogP contribution in [-0.4, -0.2) is 24.0 Å². The van der Waals surface area contributed by atoms with Gasteiger partial charge in [0.25, 0.3) is 0 Å². The summed E-state index contributed by atoms with van der Waals surface area (Å²) in [4.78, 5) is 35.1. The number of imide groups is 1. The van der Waals surface area contributed by atoms with Gasteiger partial charge in [0.1, 0.15) is 19.3 Å². The Morgan fingerprint density at radius 2 is 1.35 bits per heavy atom. The van der Waals surface area contributed by atoms with E-state index in [-0.39, 0.29) is 19.6 Å². The molecule has 1 atom stereocenters. The molecule has 1 unspecified atom stereocenters. The Kier molecular flexibility index (Phi) is 7.32. The highest BCUT2D eigenvalue weighted by Crippen LogP contribution is 2.03. The van der Waals surface area contributed by atoms with Crippen molar-refractivity contribution in [1.82, 2.24) is 5.32 Å². The lowest BCUT2D eigenvalue weighted by Gasteiger charge is -2.11. The van der Waals surface area contributed by atoms with Crippen LogP contribution in [0.2, 0.25) is 0 Å². The minimum Gasteiger partial charge on any atom is -0.460 e. The molecule has 0 radical (unpaired) electrons. The van der Waals surface area contributed by atoms with Crippen LogP contribution >= 0.6 is 0 Å². The van der Waals surface area contributed by atoms with E-state index in [9.17, 15) is 14.4 Å². The van der Waals surface area contributed by atoms with Gasteiger partial charge in [-0.2, -0.15) is 0 Å². The van der Waals surface area contributed by atoms with Gasteiger partial charge in [-0.25, -0.2) is 4.79 Å². The summed E-state index contributed by atoms with van der Waals surface area (Å²) in [6, 6.07) is 16.9. The SMILES string of the molecule is NC(CC(=O)NC(=O)OCc1ccccc1)C(=O)OCc1ccccc1. The topological polar surface area (TPSA) is 108 Å². The van der Waals surface area contributed by atoms with Crippen molar-refractivity contribution in [2.45, 2.75) is 25.7 Å². The average molecular weight is 356 g/mol. The fourth-order valence-corrected chi connectivity index (χ4v) is 2.04. The van der Waals surface area contributed by atoms with Crippen molar-refractivity contribution in [3.05, 3.63) is 71.8 Å². The Labute approximate surface area is 151 Å². The summed E-state index contributed by atoms with van der Waals surface area (Å²) >= 11 is 0. The summed E-state index contributed by atoms with van der Waals surface area (Å²) in [7, 11) is 0. The van der Waals surface area contributed by atoms with Gasteiger partial charge < -0.3 is 15.2 Å². The van der Waals surface area contributed by atoms with E-state index in [1.165, 1.54) is 0 Å². The number of ether oxygens (including phenoxy) is 2. The first kappa shape index (κ1) is 19.1. The molecule has 7 heteroatoms. The minimum absolute atomic E-state index is 0.0329. The van der Waals surface area contributed by atoms with Gasteiger partial charge in [-0.05, 0) is 11.1 Å². The van der Waals surface area contributed by atoms with E-state index >= 15 is 0 Å². The first-order valence-electron chi connectivity index (χ1n) is 8.01. The van der Waals surface area contributed by atoms with Crippen molar-refractivity contribution in [3.8, 4) is 0 Å². The number of amides is 2. The molecule has 0 spiro atoms. The summed E-state index contributed by atoms with van der Waals surface area (Å²) in [6.07, 6.45) is -1.28. The molecule has 2 amide bonds. The third kappa shape index (κ3) is 6.74. The van der Waals surface area contributed by atoms with E-state index < -0.39 is 24.0 Å². The van der Waals surface area contributed by atoms with Crippen LogP contribution < -0.4 is 11.1 Å². The van der Waals surface area contributed by atoms with Crippen LogP contribution in [-0.2, 0) is 32.3 Å². The van der Waals surface area contributed by atoms with E-state index in [2.05, 4.69) is 0 Å². The molecule has 0 saturated heterocycles. The van der Waals surface area contributed by atoms with Gasteiger partial charge in [-0.3, -0.25) is 14.9 Å². The molecule has 0 aliphatic rings. The molecule has 3 N–H and O–H groups in total. The monoisotopic (exact) mass is 356 g/mol. The van der Waals surface area contributed by atoms with Crippen LogP contribution in [0, 0.1) is 0 Å². The quantitative estimate of drug-likeness (QED) is 0.734. The number of benzene rings is 2. The lowest BCUT2D eigenvalue weighted by molar-refractivity contribution is -0.147. The summed E-state index contributed by atoms with van der Waals surface area (Å²) in [5.74, 6) is -1.44. The van der Waals surface area contributed by atoms with Gasteiger partial charge in [0.2, 0.25) is 5.91 Å². The fraction of sp³-hybridized carbons (Fsp3) is 0.211. The number of nitrogens with two attached hydrogens (primary N) is 1. The minimum atomic E-state index is -1.17. The first-order valence-corrected chi connectivity index (χ1v) is 8.01. The number of carbonyl (C=O) groups is 3. The van der Waals surface area contributed by atoms with Crippen molar-refractivity contribution in [1.29, 1.82) is 0 Å². The predicted molar refractivity (Wildman–Crippen MR) is 93.6 cm³/mol. The molecule has 0 heterocycles. The van der Waals surface area contributed by atoms with Crippen molar-refractivity contribution in [2.24, 2.45) is 5.73 Å². The van der Waals surface area contributed by atoms with E-state index in [0.717, 1.165) is 11.1 Å².